The van der Waals surface area contributed by atoms with Crippen LogP contribution < -0.4 is 10.6 Å². The predicted molar refractivity (Wildman–Crippen MR) is 95.6 cm³/mol. The Morgan fingerprint density at radius 3 is 2.22 bits per heavy atom. The molecule has 9 heteroatoms. The first-order chi connectivity index (χ1) is 12.4. The number of rotatable bonds is 2. The third-order valence-electron chi connectivity index (χ3n) is 3.15. The molecule has 144 valence electrons. The van der Waals surface area contributed by atoms with Crippen molar-refractivity contribution in [3.05, 3.63) is 53.6 Å². The van der Waals surface area contributed by atoms with Crippen LogP contribution in [0.25, 0.3) is 0 Å². The summed E-state index contributed by atoms with van der Waals surface area (Å²) in [6, 6.07) is 8.27. The van der Waals surface area contributed by atoms with E-state index < -0.39 is 23.2 Å². The normalized spacial score (nSPS) is 12.6. The fourth-order valence-electron chi connectivity index (χ4n) is 2.02. The highest BCUT2D eigenvalue weighted by Gasteiger charge is 2.30. The Balaban J connectivity index is 2.28. The first-order valence-electron chi connectivity index (χ1n) is 7.95. The highest BCUT2D eigenvalue weighted by molar-refractivity contribution is 6.06. The summed E-state index contributed by atoms with van der Waals surface area (Å²) in [5.41, 5.74) is -1.32. The number of alkyl halides is 3. The molecular weight excluding hydrogens is 361 g/mol. The van der Waals surface area contributed by atoms with Gasteiger partial charge in [0.25, 0.3) is 5.91 Å². The molecule has 2 rings (SSSR count). The lowest BCUT2D eigenvalue weighted by Crippen LogP contribution is -2.44. The number of aromatic hydroxyl groups is 1. The summed E-state index contributed by atoms with van der Waals surface area (Å²) in [7, 11) is 0. The van der Waals surface area contributed by atoms with E-state index in [4.69, 9.17) is 0 Å². The second-order valence-corrected chi connectivity index (χ2v) is 6.72. The number of aromatic nitrogens is 1. The smallest absolute Gasteiger partial charge is 0.416 e. The van der Waals surface area contributed by atoms with Gasteiger partial charge >= 0.3 is 6.18 Å². The fraction of sp³-hybridized carbons (Fsp3) is 0.278. The number of amides is 1. The lowest BCUT2D eigenvalue weighted by atomic mass is 10.1. The highest BCUT2D eigenvalue weighted by atomic mass is 19.4. The number of benzene rings is 1. The minimum atomic E-state index is -4.48. The Hall–Kier alpha value is -3.10. The van der Waals surface area contributed by atoms with Crippen molar-refractivity contribution in [2.24, 2.45) is 4.99 Å². The monoisotopic (exact) mass is 380 g/mol. The van der Waals surface area contributed by atoms with Crippen LogP contribution in [0.3, 0.4) is 0 Å². The Kier molecular flexibility index (Phi) is 5.72. The van der Waals surface area contributed by atoms with E-state index in [1.165, 1.54) is 6.07 Å². The predicted octanol–water partition coefficient (Wildman–Crippen LogP) is 3.80. The molecule has 0 saturated heterocycles. The van der Waals surface area contributed by atoms with Crippen LogP contribution in [0.2, 0.25) is 0 Å². The third-order valence-corrected chi connectivity index (χ3v) is 3.15. The van der Waals surface area contributed by atoms with Gasteiger partial charge in [0.05, 0.1) is 5.56 Å². The van der Waals surface area contributed by atoms with Gasteiger partial charge in [-0.3, -0.25) is 4.79 Å². The average Bonchev–Trinajstić information content (AvgIpc) is 2.52. The highest BCUT2D eigenvalue weighted by Crippen LogP contribution is 2.29. The Morgan fingerprint density at radius 1 is 1.07 bits per heavy atom. The van der Waals surface area contributed by atoms with E-state index in [0.29, 0.717) is 0 Å². The minimum absolute atomic E-state index is 0.00174. The van der Waals surface area contributed by atoms with Gasteiger partial charge in [-0.05, 0) is 51.1 Å². The van der Waals surface area contributed by atoms with Gasteiger partial charge in [-0.2, -0.15) is 23.1 Å². The van der Waals surface area contributed by atoms with E-state index in [1.54, 1.807) is 12.1 Å². The van der Waals surface area contributed by atoms with Gasteiger partial charge in [-0.1, -0.05) is 6.07 Å². The molecule has 0 radical (unpaired) electrons. The Bertz CT molecular complexity index is 841. The number of pyridine rings is 1. The fourth-order valence-corrected chi connectivity index (χ4v) is 2.02. The van der Waals surface area contributed by atoms with Crippen LogP contribution in [-0.4, -0.2) is 27.5 Å². The number of nitrogens with one attached hydrogen (secondary N) is 2. The van der Waals surface area contributed by atoms with Crippen molar-refractivity contribution in [2.75, 3.05) is 5.32 Å². The molecule has 0 bridgehead atoms. The molecular formula is C18H19F3N4O2. The molecule has 1 amide bonds. The van der Waals surface area contributed by atoms with Gasteiger partial charge in [-0.15, -0.1) is 0 Å². The summed E-state index contributed by atoms with van der Waals surface area (Å²) in [6.07, 6.45) is -4.48. The number of aliphatic imine (C=N–C) groups is 1. The lowest BCUT2D eigenvalue weighted by molar-refractivity contribution is -0.137. The van der Waals surface area contributed by atoms with Crippen molar-refractivity contribution in [3.8, 4) is 5.88 Å². The summed E-state index contributed by atoms with van der Waals surface area (Å²) in [6.45, 7) is 5.51. The Morgan fingerprint density at radius 2 is 1.70 bits per heavy atom. The molecule has 0 aliphatic rings. The number of carbonyl (C=O) groups is 1. The molecule has 3 N–H and O–H groups in total. The van der Waals surface area contributed by atoms with Crippen molar-refractivity contribution >= 4 is 17.7 Å². The summed E-state index contributed by atoms with van der Waals surface area (Å²) in [5.74, 6) is -0.663. The maximum absolute atomic E-state index is 12.6. The van der Waals surface area contributed by atoms with Crippen LogP contribution in [0, 0.1) is 0 Å². The number of anilines is 1. The quantitative estimate of drug-likeness (QED) is 0.545. The van der Waals surface area contributed by atoms with Gasteiger partial charge in [-0.25, -0.2) is 0 Å². The van der Waals surface area contributed by atoms with Crippen LogP contribution >= 0.6 is 0 Å². The van der Waals surface area contributed by atoms with Crippen LogP contribution in [-0.2, 0) is 6.18 Å². The molecule has 0 unspecified atom stereocenters. The molecule has 0 fully saturated rings. The molecule has 1 aromatic carbocycles. The zero-order chi connectivity index (χ0) is 20.2. The standard InChI is InChI=1S/C18H19F3N4O2/c1-17(2,3)25-16(23-13-5-4-6-14(26)22-13)24-15(27)11-7-9-12(10-8-11)18(19,20)21/h4-10H,1-3H3,(H3,22,23,24,25,26,27). The van der Waals surface area contributed by atoms with Crippen LogP contribution in [0.1, 0.15) is 36.7 Å². The van der Waals surface area contributed by atoms with Gasteiger partial charge in [0, 0.05) is 17.2 Å². The summed E-state index contributed by atoms with van der Waals surface area (Å²) in [5, 5.41) is 15.2. The maximum Gasteiger partial charge on any atom is 0.416 e. The van der Waals surface area contributed by atoms with E-state index in [-0.39, 0.29) is 23.2 Å². The van der Waals surface area contributed by atoms with E-state index in [2.05, 4.69) is 20.6 Å². The molecule has 6 nitrogen and oxygen atoms in total. The summed E-state index contributed by atoms with van der Waals surface area (Å²) >= 11 is 0. The lowest BCUT2D eigenvalue weighted by Gasteiger charge is -2.23. The topological polar surface area (TPSA) is 86.6 Å². The van der Waals surface area contributed by atoms with Gasteiger partial charge < -0.3 is 15.7 Å². The molecule has 0 aliphatic heterocycles. The van der Waals surface area contributed by atoms with Crippen molar-refractivity contribution in [1.29, 1.82) is 0 Å². The van der Waals surface area contributed by atoms with Gasteiger partial charge in [0.2, 0.25) is 11.8 Å². The van der Waals surface area contributed by atoms with E-state index in [9.17, 15) is 23.1 Å². The average molecular weight is 380 g/mol. The number of hydrogen-bond donors (Lipinski definition) is 3. The summed E-state index contributed by atoms with van der Waals surface area (Å²) in [4.78, 5) is 20.1. The van der Waals surface area contributed by atoms with Crippen molar-refractivity contribution < 1.29 is 23.1 Å². The first kappa shape index (κ1) is 20.2. The van der Waals surface area contributed by atoms with Crippen molar-refractivity contribution in [2.45, 2.75) is 32.5 Å². The zero-order valence-corrected chi connectivity index (χ0v) is 14.9. The first-order valence-corrected chi connectivity index (χ1v) is 7.95. The van der Waals surface area contributed by atoms with Crippen molar-refractivity contribution in [3.63, 3.8) is 0 Å². The zero-order valence-electron chi connectivity index (χ0n) is 14.9. The second kappa shape index (κ2) is 7.65. The number of guanidine groups is 1. The van der Waals surface area contributed by atoms with E-state index in [0.717, 1.165) is 24.3 Å². The van der Waals surface area contributed by atoms with Gasteiger partial charge in [0.15, 0.2) is 0 Å². The molecule has 0 saturated carbocycles. The van der Waals surface area contributed by atoms with Crippen molar-refractivity contribution in [1.82, 2.24) is 10.3 Å². The third kappa shape index (κ3) is 6.28. The van der Waals surface area contributed by atoms with E-state index >= 15 is 0 Å². The number of carbonyl (C=O) groups excluding carboxylic acids is 1. The molecule has 2 aromatic rings. The molecule has 27 heavy (non-hydrogen) atoms. The molecule has 0 aliphatic carbocycles. The van der Waals surface area contributed by atoms with E-state index in [1.807, 2.05) is 20.8 Å². The van der Waals surface area contributed by atoms with Crippen LogP contribution in [0.5, 0.6) is 5.88 Å². The SMILES string of the molecule is CC(C)(C)N/C(=N/C(=O)c1ccc(C(F)(F)F)cc1)Nc1cccc(O)n1. The maximum atomic E-state index is 12.6. The summed E-state index contributed by atoms with van der Waals surface area (Å²) < 4.78 is 37.9. The minimum Gasteiger partial charge on any atom is -0.493 e. The van der Waals surface area contributed by atoms with Crippen LogP contribution in [0.4, 0.5) is 19.0 Å². The second-order valence-electron chi connectivity index (χ2n) is 6.72. The number of nitrogens with zero attached hydrogens (tertiary/aromatic N) is 2. The number of hydrogen-bond acceptors (Lipinski definition) is 3. The molecule has 1 aromatic heterocycles. The van der Waals surface area contributed by atoms with Gasteiger partial charge in [0.1, 0.15) is 5.82 Å². The molecule has 0 atom stereocenters. The molecule has 0 spiro atoms. The largest absolute Gasteiger partial charge is 0.493 e. The molecule has 1 heterocycles. The Labute approximate surface area is 154 Å². The van der Waals surface area contributed by atoms with Crippen LogP contribution in [0.15, 0.2) is 47.5 Å². The number of halogens is 3.